The molecule has 0 heterocycles. The smallest absolute Gasteiger partial charge is 0.337 e. The zero-order chi connectivity index (χ0) is 13.1. The van der Waals surface area contributed by atoms with Gasteiger partial charge in [0, 0.05) is 0 Å². The minimum atomic E-state index is -0.350. The van der Waals surface area contributed by atoms with Crippen LogP contribution in [-0.2, 0) is 27.1 Å². The zero-order valence-corrected chi connectivity index (χ0v) is 10.6. The van der Waals surface area contributed by atoms with Gasteiger partial charge in [-0.1, -0.05) is 6.07 Å². The summed E-state index contributed by atoms with van der Waals surface area (Å²) in [6.45, 7) is 2.20. The van der Waals surface area contributed by atoms with Crippen LogP contribution in [0.4, 0.5) is 0 Å². The third kappa shape index (κ3) is 2.37. The van der Waals surface area contributed by atoms with E-state index in [0.29, 0.717) is 25.0 Å². The van der Waals surface area contributed by atoms with Crippen LogP contribution in [0.1, 0.15) is 28.4 Å². The summed E-state index contributed by atoms with van der Waals surface area (Å²) in [7, 11) is 1.36. The number of esters is 2. The Kier molecular flexibility index (Phi) is 3.65. The van der Waals surface area contributed by atoms with Gasteiger partial charge < -0.3 is 9.47 Å². The first kappa shape index (κ1) is 12.6. The SMILES string of the molecule is CCOC(=O)C1Cc2ccc(C(=O)OC)cc2C1. The van der Waals surface area contributed by atoms with E-state index in [2.05, 4.69) is 4.74 Å². The Bertz CT molecular complexity index is 479. The van der Waals surface area contributed by atoms with E-state index in [9.17, 15) is 9.59 Å². The summed E-state index contributed by atoms with van der Waals surface area (Å²) in [5, 5.41) is 0. The number of hydrogen-bond donors (Lipinski definition) is 0. The Morgan fingerprint density at radius 1 is 1.28 bits per heavy atom. The first-order valence-electron chi connectivity index (χ1n) is 6.02. The first-order chi connectivity index (χ1) is 8.65. The lowest BCUT2D eigenvalue weighted by atomic mass is 10.1. The third-order valence-corrected chi connectivity index (χ3v) is 3.18. The molecule has 0 aromatic heterocycles. The lowest BCUT2D eigenvalue weighted by molar-refractivity contribution is -0.147. The molecule has 1 aromatic rings. The molecule has 0 radical (unpaired) electrons. The van der Waals surface area contributed by atoms with E-state index in [1.807, 2.05) is 6.07 Å². The number of rotatable bonds is 3. The quantitative estimate of drug-likeness (QED) is 0.765. The lowest BCUT2D eigenvalue weighted by Gasteiger charge is -2.06. The van der Waals surface area contributed by atoms with Gasteiger partial charge in [0.1, 0.15) is 0 Å². The van der Waals surface area contributed by atoms with Crippen molar-refractivity contribution in [1.82, 2.24) is 0 Å². The minimum Gasteiger partial charge on any atom is -0.466 e. The zero-order valence-electron chi connectivity index (χ0n) is 10.6. The highest BCUT2D eigenvalue weighted by Crippen LogP contribution is 2.28. The maximum absolute atomic E-state index is 11.7. The summed E-state index contributed by atoms with van der Waals surface area (Å²) >= 11 is 0. The molecule has 1 aliphatic carbocycles. The van der Waals surface area contributed by atoms with Gasteiger partial charge in [-0.2, -0.15) is 0 Å². The van der Waals surface area contributed by atoms with Gasteiger partial charge in [0.2, 0.25) is 0 Å². The normalized spacial score (nSPS) is 17.1. The molecule has 0 N–H and O–H groups in total. The van der Waals surface area contributed by atoms with Crippen LogP contribution < -0.4 is 0 Å². The van der Waals surface area contributed by atoms with Crippen molar-refractivity contribution in [3.63, 3.8) is 0 Å². The van der Waals surface area contributed by atoms with Crippen molar-refractivity contribution >= 4 is 11.9 Å². The van der Waals surface area contributed by atoms with Gasteiger partial charge >= 0.3 is 11.9 Å². The second kappa shape index (κ2) is 5.21. The van der Waals surface area contributed by atoms with E-state index in [-0.39, 0.29) is 17.9 Å². The van der Waals surface area contributed by atoms with Gasteiger partial charge in [0.05, 0.1) is 25.2 Å². The summed E-state index contributed by atoms with van der Waals surface area (Å²) in [5.41, 5.74) is 2.68. The van der Waals surface area contributed by atoms with E-state index >= 15 is 0 Å². The fourth-order valence-corrected chi connectivity index (χ4v) is 2.29. The molecule has 1 atom stereocenters. The summed E-state index contributed by atoms with van der Waals surface area (Å²) < 4.78 is 9.70. The van der Waals surface area contributed by atoms with E-state index in [4.69, 9.17) is 4.74 Å². The standard InChI is InChI=1S/C14H16O4/c1-3-18-14(16)12-6-9-4-5-10(13(15)17-2)7-11(9)8-12/h4-5,7,12H,3,6,8H2,1-2H3. The Morgan fingerprint density at radius 3 is 2.67 bits per heavy atom. The van der Waals surface area contributed by atoms with Crippen LogP contribution in [0, 0.1) is 5.92 Å². The van der Waals surface area contributed by atoms with Crippen LogP contribution in [-0.4, -0.2) is 25.7 Å². The monoisotopic (exact) mass is 248 g/mol. The Balaban J connectivity index is 2.15. The molecule has 0 aliphatic heterocycles. The fourth-order valence-electron chi connectivity index (χ4n) is 2.29. The summed E-state index contributed by atoms with van der Waals surface area (Å²) in [5.74, 6) is -0.626. The molecule has 4 heteroatoms. The molecule has 2 rings (SSSR count). The van der Waals surface area contributed by atoms with Gasteiger partial charge in [-0.05, 0) is 43.0 Å². The number of hydrogen-bond acceptors (Lipinski definition) is 4. The summed E-state index contributed by atoms with van der Waals surface area (Å²) in [4.78, 5) is 23.1. The number of ether oxygens (including phenoxy) is 2. The average molecular weight is 248 g/mol. The number of carbonyl (C=O) groups is 2. The van der Waals surface area contributed by atoms with Crippen LogP contribution >= 0.6 is 0 Å². The molecule has 0 fully saturated rings. The van der Waals surface area contributed by atoms with Crippen molar-refractivity contribution in [2.45, 2.75) is 19.8 Å². The lowest BCUT2D eigenvalue weighted by Crippen LogP contribution is -2.17. The van der Waals surface area contributed by atoms with Gasteiger partial charge in [-0.3, -0.25) is 4.79 Å². The molecule has 0 saturated heterocycles. The van der Waals surface area contributed by atoms with E-state index < -0.39 is 0 Å². The van der Waals surface area contributed by atoms with Crippen LogP contribution in [0.5, 0.6) is 0 Å². The summed E-state index contributed by atoms with van der Waals surface area (Å²) in [6.07, 6.45) is 1.33. The first-order valence-corrected chi connectivity index (χ1v) is 6.02. The molecule has 0 bridgehead atoms. The van der Waals surface area contributed by atoms with Crippen molar-refractivity contribution in [1.29, 1.82) is 0 Å². The Hall–Kier alpha value is -1.84. The molecule has 96 valence electrons. The van der Waals surface area contributed by atoms with Crippen LogP contribution in [0.2, 0.25) is 0 Å². The van der Waals surface area contributed by atoms with Crippen LogP contribution in [0.3, 0.4) is 0 Å². The number of methoxy groups -OCH3 is 1. The fraction of sp³-hybridized carbons (Fsp3) is 0.429. The Morgan fingerprint density at radius 2 is 2.00 bits per heavy atom. The molecule has 18 heavy (non-hydrogen) atoms. The second-order valence-corrected chi connectivity index (χ2v) is 4.33. The molecule has 1 unspecified atom stereocenters. The van der Waals surface area contributed by atoms with Gasteiger partial charge in [0.15, 0.2) is 0 Å². The predicted octanol–water partition coefficient (Wildman–Crippen LogP) is 1.75. The highest BCUT2D eigenvalue weighted by atomic mass is 16.5. The Labute approximate surface area is 106 Å². The summed E-state index contributed by atoms with van der Waals surface area (Å²) in [6, 6.07) is 5.43. The average Bonchev–Trinajstić information content (AvgIpc) is 2.80. The van der Waals surface area contributed by atoms with Crippen LogP contribution in [0.25, 0.3) is 0 Å². The highest BCUT2D eigenvalue weighted by Gasteiger charge is 2.29. The second-order valence-electron chi connectivity index (χ2n) is 4.33. The molecule has 1 aliphatic rings. The minimum absolute atomic E-state index is 0.118. The number of carbonyl (C=O) groups excluding carboxylic acids is 2. The topological polar surface area (TPSA) is 52.6 Å². The van der Waals surface area contributed by atoms with Crippen molar-refractivity contribution < 1.29 is 19.1 Å². The highest BCUT2D eigenvalue weighted by molar-refractivity contribution is 5.89. The van der Waals surface area contributed by atoms with Crippen molar-refractivity contribution in [2.75, 3.05) is 13.7 Å². The maximum Gasteiger partial charge on any atom is 0.337 e. The molecule has 4 nitrogen and oxygen atoms in total. The number of benzene rings is 1. The van der Waals surface area contributed by atoms with Gasteiger partial charge in [-0.15, -0.1) is 0 Å². The van der Waals surface area contributed by atoms with E-state index in [1.165, 1.54) is 7.11 Å². The van der Waals surface area contributed by atoms with Crippen molar-refractivity contribution in [3.8, 4) is 0 Å². The molecule has 0 saturated carbocycles. The predicted molar refractivity (Wildman–Crippen MR) is 65.3 cm³/mol. The van der Waals surface area contributed by atoms with E-state index in [1.54, 1.807) is 19.1 Å². The largest absolute Gasteiger partial charge is 0.466 e. The number of fused-ring (bicyclic) bond motifs is 1. The maximum atomic E-state index is 11.7. The molecule has 1 aromatic carbocycles. The van der Waals surface area contributed by atoms with Gasteiger partial charge in [0.25, 0.3) is 0 Å². The molecular weight excluding hydrogens is 232 g/mol. The van der Waals surface area contributed by atoms with Crippen molar-refractivity contribution in [2.24, 2.45) is 5.92 Å². The molecule has 0 spiro atoms. The molecule has 0 amide bonds. The van der Waals surface area contributed by atoms with Crippen molar-refractivity contribution in [3.05, 3.63) is 34.9 Å². The third-order valence-electron chi connectivity index (χ3n) is 3.18. The van der Waals surface area contributed by atoms with Crippen LogP contribution in [0.15, 0.2) is 18.2 Å². The van der Waals surface area contributed by atoms with Gasteiger partial charge in [-0.25, -0.2) is 4.79 Å². The van der Waals surface area contributed by atoms with E-state index in [0.717, 1.165) is 11.1 Å². The molecular formula is C14H16O4.